The molecular formula is C13H21N3O. The molecule has 1 saturated heterocycles. The molecule has 1 unspecified atom stereocenters. The highest BCUT2D eigenvalue weighted by Gasteiger charge is 2.21. The molecule has 0 aromatic heterocycles. The fourth-order valence-corrected chi connectivity index (χ4v) is 2.24. The van der Waals surface area contributed by atoms with E-state index in [0.717, 1.165) is 31.7 Å². The molecule has 1 aliphatic heterocycles. The van der Waals surface area contributed by atoms with Gasteiger partial charge in [0.1, 0.15) is 5.75 Å². The molecule has 17 heavy (non-hydrogen) atoms. The molecule has 1 aromatic carbocycles. The Morgan fingerprint density at radius 3 is 2.88 bits per heavy atom. The zero-order valence-corrected chi connectivity index (χ0v) is 10.6. The molecule has 0 aliphatic carbocycles. The van der Waals surface area contributed by atoms with Crippen molar-refractivity contribution in [3.8, 4) is 5.75 Å². The van der Waals surface area contributed by atoms with Gasteiger partial charge >= 0.3 is 0 Å². The lowest BCUT2D eigenvalue weighted by molar-refractivity contribution is 0.0994. The number of nitrogens with two attached hydrogens (primary N) is 1. The number of aromatic hydroxyl groups is 1. The van der Waals surface area contributed by atoms with Crippen LogP contribution in [0.1, 0.15) is 12.5 Å². The topological polar surface area (TPSA) is 52.7 Å². The molecule has 0 saturated carbocycles. The van der Waals surface area contributed by atoms with Gasteiger partial charge in [-0.05, 0) is 32.2 Å². The van der Waals surface area contributed by atoms with Crippen LogP contribution in [0.3, 0.4) is 0 Å². The van der Waals surface area contributed by atoms with Crippen molar-refractivity contribution in [1.29, 1.82) is 0 Å². The van der Waals surface area contributed by atoms with Gasteiger partial charge in [0.2, 0.25) is 0 Å². The monoisotopic (exact) mass is 235 g/mol. The Labute approximate surface area is 103 Å². The number of nitrogen functional groups attached to an aromatic ring is 1. The smallest absolute Gasteiger partial charge is 0.120 e. The summed E-state index contributed by atoms with van der Waals surface area (Å²) in [5.41, 5.74) is 7.37. The molecule has 1 atom stereocenters. The van der Waals surface area contributed by atoms with Gasteiger partial charge in [0.15, 0.2) is 0 Å². The van der Waals surface area contributed by atoms with Crippen LogP contribution >= 0.6 is 0 Å². The quantitative estimate of drug-likeness (QED) is 0.595. The number of phenols is 1. The summed E-state index contributed by atoms with van der Waals surface area (Å²) in [4.78, 5) is 4.72. The average Bonchev–Trinajstić information content (AvgIpc) is 2.29. The summed E-state index contributed by atoms with van der Waals surface area (Å²) >= 11 is 0. The first-order valence-corrected chi connectivity index (χ1v) is 6.06. The van der Waals surface area contributed by atoms with Gasteiger partial charge in [-0.25, -0.2) is 0 Å². The Balaban J connectivity index is 2.03. The molecule has 0 radical (unpaired) electrons. The maximum Gasteiger partial charge on any atom is 0.120 e. The van der Waals surface area contributed by atoms with Crippen molar-refractivity contribution in [3.05, 3.63) is 23.8 Å². The fraction of sp³-hybridized carbons (Fsp3) is 0.538. The van der Waals surface area contributed by atoms with Gasteiger partial charge in [-0.15, -0.1) is 0 Å². The molecular weight excluding hydrogens is 214 g/mol. The van der Waals surface area contributed by atoms with Gasteiger partial charge in [0, 0.05) is 43.5 Å². The van der Waals surface area contributed by atoms with E-state index >= 15 is 0 Å². The van der Waals surface area contributed by atoms with Crippen LogP contribution in [-0.2, 0) is 6.54 Å². The van der Waals surface area contributed by atoms with Crippen molar-refractivity contribution in [1.82, 2.24) is 9.80 Å². The molecule has 4 heteroatoms. The van der Waals surface area contributed by atoms with Crippen molar-refractivity contribution >= 4 is 5.69 Å². The largest absolute Gasteiger partial charge is 0.508 e. The zero-order valence-electron chi connectivity index (χ0n) is 10.6. The summed E-state index contributed by atoms with van der Waals surface area (Å²) in [5.74, 6) is 0.339. The average molecular weight is 235 g/mol. The van der Waals surface area contributed by atoms with Crippen molar-refractivity contribution in [2.75, 3.05) is 32.4 Å². The molecule has 2 rings (SSSR count). The minimum atomic E-state index is 0.339. The Bertz CT molecular complexity index is 394. The normalized spacial score (nSPS) is 22.8. The van der Waals surface area contributed by atoms with Crippen molar-refractivity contribution in [3.63, 3.8) is 0 Å². The summed E-state index contributed by atoms with van der Waals surface area (Å²) in [6.45, 7) is 6.14. The molecule has 0 spiro atoms. The number of hydrogen-bond donors (Lipinski definition) is 2. The second-order valence-corrected chi connectivity index (χ2v) is 4.95. The Morgan fingerprint density at radius 1 is 1.41 bits per heavy atom. The van der Waals surface area contributed by atoms with Crippen molar-refractivity contribution < 1.29 is 5.11 Å². The van der Waals surface area contributed by atoms with E-state index in [1.165, 1.54) is 0 Å². The van der Waals surface area contributed by atoms with Gasteiger partial charge in [-0.1, -0.05) is 0 Å². The number of anilines is 1. The van der Waals surface area contributed by atoms with Gasteiger partial charge < -0.3 is 15.7 Å². The van der Waals surface area contributed by atoms with Gasteiger partial charge in [0.05, 0.1) is 0 Å². The Kier molecular flexibility index (Phi) is 3.54. The first-order chi connectivity index (χ1) is 8.06. The van der Waals surface area contributed by atoms with E-state index in [2.05, 4.69) is 23.8 Å². The molecule has 1 aromatic rings. The highest BCUT2D eigenvalue weighted by molar-refractivity contribution is 5.47. The molecule has 1 heterocycles. The molecule has 0 amide bonds. The van der Waals surface area contributed by atoms with E-state index in [1.54, 1.807) is 12.1 Å². The third-order valence-corrected chi connectivity index (χ3v) is 3.54. The molecule has 1 fully saturated rings. The minimum Gasteiger partial charge on any atom is -0.508 e. The Hall–Kier alpha value is -1.26. The lowest BCUT2D eigenvalue weighted by Crippen LogP contribution is -2.49. The van der Waals surface area contributed by atoms with E-state index in [9.17, 15) is 5.11 Å². The number of likely N-dealkylation sites (N-methyl/N-ethyl adjacent to an activating group) is 1. The Morgan fingerprint density at radius 2 is 2.18 bits per heavy atom. The van der Waals surface area contributed by atoms with Crippen LogP contribution in [-0.4, -0.2) is 47.6 Å². The van der Waals surface area contributed by atoms with Crippen LogP contribution in [0, 0.1) is 0 Å². The molecule has 0 bridgehead atoms. The van der Waals surface area contributed by atoms with Crippen LogP contribution in [0.5, 0.6) is 5.75 Å². The molecule has 94 valence electrons. The second kappa shape index (κ2) is 4.94. The van der Waals surface area contributed by atoms with Gasteiger partial charge in [-0.2, -0.15) is 0 Å². The van der Waals surface area contributed by atoms with Crippen LogP contribution in [0.15, 0.2) is 18.2 Å². The summed E-state index contributed by atoms with van der Waals surface area (Å²) in [6, 6.07) is 5.82. The summed E-state index contributed by atoms with van der Waals surface area (Å²) in [5, 5.41) is 9.79. The summed E-state index contributed by atoms with van der Waals surface area (Å²) in [6.07, 6.45) is 0. The van der Waals surface area contributed by atoms with E-state index in [-0.39, 0.29) is 0 Å². The fourth-order valence-electron chi connectivity index (χ4n) is 2.24. The molecule has 4 nitrogen and oxygen atoms in total. The number of piperazine rings is 1. The number of nitrogens with zero attached hydrogens (tertiary/aromatic N) is 2. The van der Waals surface area contributed by atoms with E-state index < -0.39 is 0 Å². The zero-order chi connectivity index (χ0) is 12.4. The first-order valence-electron chi connectivity index (χ1n) is 6.06. The maximum absolute atomic E-state index is 9.79. The lowest BCUT2D eigenvalue weighted by Gasteiger charge is -2.37. The van der Waals surface area contributed by atoms with Gasteiger partial charge in [0.25, 0.3) is 0 Å². The maximum atomic E-state index is 9.79. The number of phenolic OH excluding ortho intramolecular Hbond substituents is 1. The van der Waals surface area contributed by atoms with E-state index in [1.807, 2.05) is 6.07 Å². The molecule has 1 aliphatic rings. The van der Waals surface area contributed by atoms with Crippen LogP contribution < -0.4 is 5.73 Å². The highest BCUT2D eigenvalue weighted by Crippen LogP contribution is 2.22. The van der Waals surface area contributed by atoms with E-state index in [4.69, 9.17) is 5.73 Å². The number of hydrogen-bond acceptors (Lipinski definition) is 4. The number of rotatable bonds is 2. The summed E-state index contributed by atoms with van der Waals surface area (Å²) in [7, 11) is 2.15. The first kappa shape index (κ1) is 12.2. The predicted octanol–water partition coefficient (Wildman–Crippen LogP) is 1.11. The van der Waals surface area contributed by atoms with Crippen LogP contribution in [0.2, 0.25) is 0 Å². The highest BCUT2D eigenvalue weighted by atomic mass is 16.3. The lowest BCUT2D eigenvalue weighted by atomic mass is 10.1. The van der Waals surface area contributed by atoms with Crippen LogP contribution in [0.25, 0.3) is 0 Å². The third kappa shape index (κ3) is 2.90. The predicted molar refractivity (Wildman–Crippen MR) is 69.9 cm³/mol. The molecule has 3 N–H and O–H groups in total. The third-order valence-electron chi connectivity index (χ3n) is 3.54. The second-order valence-electron chi connectivity index (χ2n) is 4.95. The standard InChI is InChI=1S/C13H21N3O/c1-10-8-16(6-5-15(10)2)9-11-7-12(14)3-4-13(11)17/h3-4,7,10,17H,5-6,8-9,14H2,1-2H3. The van der Waals surface area contributed by atoms with Crippen LogP contribution in [0.4, 0.5) is 5.69 Å². The van der Waals surface area contributed by atoms with Crippen molar-refractivity contribution in [2.45, 2.75) is 19.5 Å². The van der Waals surface area contributed by atoms with Gasteiger partial charge in [-0.3, -0.25) is 4.90 Å². The van der Waals surface area contributed by atoms with E-state index in [0.29, 0.717) is 17.5 Å². The SMILES string of the molecule is CC1CN(Cc2cc(N)ccc2O)CCN1C. The van der Waals surface area contributed by atoms with Crippen molar-refractivity contribution in [2.24, 2.45) is 0 Å². The summed E-state index contributed by atoms with van der Waals surface area (Å²) < 4.78 is 0. The minimum absolute atomic E-state index is 0.339. The number of benzene rings is 1.